The summed E-state index contributed by atoms with van der Waals surface area (Å²) in [4.78, 5) is 10.8. The molecule has 2 aromatic rings. The van der Waals surface area contributed by atoms with Gasteiger partial charge in [0.15, 0.2) is 6.29 Å². The highest BCUT2D eigenvalue weighted by Crippen LogP contribution is 2.11. The van der Waals surface area contributed by atoms with Crippen molar-refractivity contribution in [2.75, 3.05) is 0 Å². The van der Waals surface area contributed by atoms with Crippen molar-refractivity contribution in [2.45, 2.75) is 19.5 Å². The van der Waals surface area contributed by atoms with Crippen LogP contribution in [0.1, 0.15) is 23.5 Å². The molecule has 0 radical (unpaired) electrons. The second-order valence-electron chi connectivity index (χ2n) is 3.54. The monoisotopic (exact) mass is 203 g/mol. The Morgan fingerprint density at radius 3 is 3.00 bits per heavy atom. The molecule has 0 aliphatic carbocycles. The van der Waals surface area contributed by atoms with E-state index in [1.54, 1.807) is 6.20 Å². The molecule has 0 aliphatic heterocycles. The lowest BCUT2D eigenvalue weighted by Crippen LogP contribution is -2.14. The van der Waals surface area contributed by atoms with E-state index in [1.165, 1.54) is 0 Å². The van der Waals surface area contributed by atoms with E-state index in [2.05, 4.69) is 12.0 Å². The Bertz CT molecular complexity index is 430. The largest absolute Gasteiger partial charge is 0.341 e. The average Bonchev–Trinajstić information content (AvgIpc) is 2.86. The van der Waals surface area contributed by atoms with Crippen molar-refractivity contribution < 1.29 is 4.79 Å². The van der Waals surface area contributed by atoms with Crippen LogP contribution in [0.3, 0.4) is 0 Å². The second kappa shape index (κ2) is 4.13. The molecule has 0 bridgehead atoms. The molecule has 1 atom stereocenters. The summed E-state index contributed by atoms with van der Waals surface area (Å²) >= 11 is 0. The molecule has 2 heterocycles. The maximum absolute atomic E-state index is 10.8. The van der Waals surface area contributed by atoms with Crippen LogP contribution in [0.2, 0.25) is 0 Å². The van der Waals surface area contributed by atoms with Gasteiger partial charge in [0.25, 0.3) is 0 Å². The molecular formula is C11H13N3O. The van der Waals surface area contributed by atoms with Crippen LogP contribution in [0.4, 0.5) is 0 Å². The van der Waals surface area contributed by atoms with Crippen molar-refractivity contribution in [3.8, 4) is 0 Å². The molecule has 2 rings (SSSR count). The van der Waals surface area contributed by atoms with Crippen LogP contribution in [-0.2, 0) is 6.54 Å². The Kier molecular flexibility index (Phi) is 2.67. The summed E-state index contributed by atoms with van der Waals surface area (Å²) in [7, 11) is 0. The van der Waals surface area contributed by atoms with Gasteiger partial charge in [-0.15, -0.1) is 0 Å². The lowest BCUT2D eigenvalue weighted by molar-refractivity contribution is 0.111. The normalized spacial score (nSPS) is 12.6. The van der Waals surface area contributed by atoms with E-state index in [1.807, 2.05) is 39.8 Å². The van der Waals surface area contributed by atoms with Gasteiger partial charge in [0.1, 0.15) is 0 Å². The number of rotatable bonds is 4. The summed E-state index contributed by atoms with van der Waals surface area (Å²) in [6, 6.07) is 5.80. The topological polar surface area (TPSA) is 39.8 Å². The van der Waals surface area contributed by atoms with E-state index in [-0.39, 0.29) is 6.04 Å². The summed E-state index contributed by atoms with van der Waals surface area (Å²) in [6.45, 7) is 2.83. The van der Waals surface area contributed by atoms with Gasteiger partial charge in [-0.2, -0.15) is 5.10 Å². The fraction of sp³-hybridized carbons (Fsp3) is 0.273. The number of aldehydes is 1. The number of aromatic nitrogens is 3. The summed E-state index contributed by atoms with van der Waals surface area (Å²) < 4.78 is 3.81. The molecule has 1 unspecified atom stereocenters. The van der Waals surface area contributed by atoms with Crippen molar-refractivity contribution in [2.24, 2.45) is 0 Å². The summed E-state index contributed by atoms with van der Waals surface area (Å²) in [5, 5.41) is 4.14. The fourth-order valence-electron chi connectivity index (χ4n) is 1.68. The zero-order valence-electron chi connectivity index (χ0n) is 8.58. The van der Waals surface area contributed by atoms with Gasteiger partial charge in [-0.05, 0) is 25.1 Å². The lowest BCUT2D eigenvalue weighted by atomic mass is 10.3. The molecule has 0 aliphatic rings. The summed E-state index contributed by atoms with van der Waals surface area (Å²) in [6.07, 6.45) is 6.46. The molecule has 78 valence electrons. The number of nitrogens with zero attached hydrogens (tertiary/aromatic N) is 3. The highest BCUT2D eigenvalue weighted by molar-refractivity contribution is 5.72. The number of carbonyl (C=O) groups excluding carboxylic acids is 1. The van der Waals surface area contributed by atoms with Crippen molar-refractivity contribution in [1.82, 2.24) is 14.3 Å². The Morgan fingerprint density at radius 1 is 1.47 bits per heavy atom. The maximum Gasteiger partial charge on any atom is 0.166 e. The van der Waals surface area contributed by atoms with E-state index in [0.717, 1.165) is 12.8 Å². The molecule has 0 saturated heterocycles. The Morgan fingerprint density at radius 2 is 2.33 bits per heavy atom. The van der Waals surface area contributed by atoms with Gasteiger partial charge in [-0.3, -0.25) is 9.48 Å². The van der Waals surface area contributed by atoms with E-state index in [0.29, 0.717) is 5.69 Å². The van der Waals surface area contributed by atoms with Crippen LogP contribution in [0.5, 0.6) is 0 Å². The van der Waals surface area contributed by atoms with E-state index in [9.17, 15) is 4.79 Å². The molecule has 0 spiro atoms. The number of hydrogen-bond donors (Lipinski definition) is 0. The minimum absolute atomic E-state index is 0.222. The van der Waals surface area contributed by atoms with Crippen molar-refractivity contribution >= 4 is 6.29 Å². The second-order valence-corrected chi connectivity index (χ2v) is 3.54. The maximum atomic E-state index is 10.8. The summed E-state index contributed by atoms with van der Waals surface area (Å²) in [5.41, 5.74) is 0.703. The first-order valence-corrected chi connectivity index (χ1v) is 4.90. The smallest absolute Gasteiger partial charge is 0.166 e. The van der Waals surface area contributed by atoms with Crippen molar-refractivity contribution in [3.05, 3.63) is 42.5 Å². The van der Waals surface area contributed by atoms with Gasteiger partial charge in [-0.1, -0.05) is 0 Å². The summed E-state index contributed by atoms with van der Waals surface area (Å²) in [5.74, 6) is 0. The fourth-order valence-corrected chi connectivity index (χ4v) is 1.68. The average molecular weight is 203 g/mol. The van der Waals surface area contributed by atoms with Crippen LogP contribution in [-0.4, -0.2) is 20.6 Å². The van der Waals surface area contributed by atoms with Crippen LogP contribution in [0, 0.1) is 0 Å². The van der Waals surface area contributed by atoms with Crippen LogP contribution in [0.15, 0.2) is 36.8 Å². The molecule has 0 fully saturated rings. The molecule has 2 aromatic heterocycles. The van der Waals surface area contributed by atoms with E-state index >= 15 is 0 Å². The first-order valence-electron chi connectivity index (χ1n) is 4.90. The van der Waals surface area contributed by atoms with Crippen molar-refractivity contribution in [1.29, 1.82) is 0 Å². The minimum Gasteiger partial charge on any atom is -0.341 e. The quantitative estimate of drug-likeness (QED) is 0.710. The third kappa shape index (κ3) is 1.98. The minimum atomic E-state index is 0.222. The van der Waals surface area contributed by atoms with Gasteiger partial charge in [-0.25, -0.2) is 0 Å². The first-order chi connectivity index (χ1) is 7.31. The highest BCUT2D eigenvalue weighted by Gasteiger charge is 2.08. The predicted molar refractivity (Wildman–Crippen MR) is 56.8 cm³/mol. The lowest BCUT2D eigenvalue weighted by Gasteiger charge is -2.15. The first kappa shape index (κ1) is 9.71. The number of carbonyl (C=O) groups is 1. The Hall–Kier alpha value is -1.84. The Labute approximate surface area is 88.1 Å². The van der Waals surface area contributed by atoms with Gasteiger partial charge in [0, 0.05) is 18.6 Å². The van der Waals surface area contributed by atoms with Gasteiger partial charge >= 0.3 is 0 Å². The number of hydrogen-bond acceptors (Lipinski definition) is 2. The van der Waals surface area contributed by atoms with Crippen LogP contribution < -0.4 is 0 Å². The predicted octanol–water partition coefficient (Wildman–Crippen LogP) is 1.76. The molecule has 0 aromatic carbocycles. The molecule has 0 amide bonds. The zero-order valence-corrected chi connectivity index (χ0v) is 8.58. The van der Waals surface area contributed by atoms with E-state index in [4.69, 9.17) is 0 Å². The van der Waals surface area contributed by atoms with Crippen molar-refractivity contribution in [3.63, 3.8) is 0 Å². The van der Waals surface area contributed by atoms with Crippen LogP contribution >= 0.6 is 0 Å². The molecule has 15 heavy (non-hydrogen) atoms. The molecule has 0 N–H and O–H groups in total. The van der Waals surface area contributed by atoms with Gasteiger partial charge in [0.05, 0.1) is 18.3 Å². The highest BCUT2D eigenvalue weighted by atomic mass is 16.1. The van der Waals surface area contributed by atoms with Gasteiger partial charge < -0.3 is 4.57 Å². The van der Waals surface area contributed by atoms with Gasteiger partial charge in [0.2, 0.25) is 0 Å². The molecule has 4 heteroatoms. The molecular weight excluding hydrogens is 190 g/mol. The SMILES string of the molecule is CC(Cn1cccn1)n1cccc1C=O. The third-order valence-corrected chi connectivity index (χ3v) is 2.42. The molecule has 4 nitrogen and oxygen atoms in total. The van der Waals surface area contributed by atoms with Crippen LogP contribution in [0.25, 0.3) is 0 Å². The Balaban J connectivity index is 2.14. The third-order valence-electron chi connectivity index (χ3n) is 2.42. The standard InChI is InChI=1S/C11H13N3O/c1-10(8-13-6-3-5-12-13)14-7-2-4-11(14)9-15/h2-7,9-10H,8H2,1H3. The van der Waals surface area contributed by atoms with E-state index < -0.39 is 0 Å². The molecule has 0 saturated carbocycles. The zero-order chi connectivity index (χ0) is 10.7.